The highest BCUT2D eigenvalue weighted by atomic mass is 16.2. The normalized spacial score (nSPS) is 14.9. The molecule has 0 radical (unpaired) electrons. The van der Waals surface area contributed by atoms with Gasteiger partial charge in [-0.3, -0.25) is 4.79 Å². The number of rotatable bonds is 10. The van der Waals surface area contributed by atoms with Crippen LogP contribution in [0.4, 0.5) is 0 Å². The fourth-order valence-electron chi connectivity index (χ4n) is 2.27. The van der Waals surface area contributed by atoms with Crippen molar-refractivity contribution < 1.29 is 4.79 Å². The summed E-state index contributed by atoms with van der Waals surface area (Å²) >= 11 is 0. The summed E-state index contributed by atoms with van der Waals surface area (Å²) in [6.45, 7) is 12.5. The quantitative estimate of drug-likeness (QED) is 0.646. The van der Waals surface area contributed by atoms with E-state index in [0.29, 0.717) is 17.9 Å². The van der Waals surface area contributed by atoms with E-state index in [0.717, 1.165) is 25.9 Å². The molecular formula is C16H35N3O. The predicted molar refractivity (Wildman–Crippen MR) is 86.9 cm³/mol. The molecule has 0 aromatic rings. The molecule has 20 heavy (non-hydrogen) atoms. The standard InChI is InChI=1S/C16H35N3O/c1-12(2)8-9-17-16(20)14(5)18-15(10-13(3)4)11-19(6)7/h12-15,18H,8-11H2,1-7H3,(H,17,20). The van der Waals surface area contributed by atoms with Crippen LogP contribution in [0.2, 0.25) is 0 Å². The molecule has 4 heteroatoms. The highest BCUT2D eigenvalue weighted by Crippen LogP contribution is 2.06. The molecular weight excluding hydrogens is 250 g/mol. The number of amides is 1. The van der Waals surface area contributed by atoms with E-state index >= 15 is 0 Å². The average molecular weight is 285 g/mol. The van der Waals surface area contributed by atoms with Gasteiger partial charge in [-0.1, -0.05) is 27.7 Å². The maximum atomic E-state index is 12.0. The first-order valence-corrected chi connectivity index (χ1v) is 7.90. The van der Waals surface area contributed by atoms with Gasteiger partial charge >= 0.3 is 0 Å². The zero-order valence-corrected chi connectivity index (χ0v) is 14.5. The summed E-state index contributed by atoms with van der Waals surface area (Å²) in [5.74, 6) is 1.36. The van der Waals surface area contributed by atoms with Crippen molar-refractivity contribution in [1.82, 2.24) is 15.5 Å². The van der Waals surface area contributed by atoms with Crippen molar-refractivity contribution in [2.75, 3.05) is 27.2 Å². The molecule has 0 rings (SSSR count). The molecule has 0 heterocycles. The van der Waals surface area contributed by atoms with Crippen molar-refractivity contribution in [3.05, 3.63) is 0 Å². The van der Waals surface area contributed by atoms with Gasteiger partial charge in [0.25, 0.3) is 0 Å². The van der Waals surface area contributed by atoms with E-state index in [9.17, 15) is 4.79 Å². The molecule has 0 bridgehead atoms. The minimum absolute atomic E-state index is 0.109. The van der Waals surface area contributed by atoms with E-state index in [1.807, 2.05) is 6.92 Å². The molecule has 120 valence electrons. The minimum atomic E-state index is -0.133. The molecule has 0 aliphatic heterocycles. The number of carbonyl (C=O) groups is 1. The number of nitrogens with one attached hydrogen (secondary N) is 2. The highest BCUT2D eigenvalue weighted by Gasteiger charge is 2.19. The summed E-state index contributed by atoms with van der Waals surface area (Å²) in [6.07, 6.45) is 2.12. The van der Waals surface area contributed by atoms with Crippen molar-refractivity contribution in [3.8, 4) is 0 Å². The second kappa shape index (κ2) is 10.2. The minimum Gasteiger partial charge on any atom is -0.355 e. The lowest BCUT2D eigenvalue weighted by Crippen LogP contribution is -2.50. The lowest BCUT2D eigenvalue weighted by Gasteiger charge is -2.27. The van der Waals surface area contributed by atoms with Crippen molar-refractivity contribution in [3.63, 3.8) is 0 Å². The van der Waals surface area contributed by atoms with Gasteiger partial charge in [-0.25, -0.2) is 0 Å². The van der Waals surface area contributed by atoms with Gasteiger partial charge < -0.3 is 15.5 Å². The van der Waals surface area contributed by atoms with Crippen LogP contribution in [0.5, 0.6) is 0 Å². The number of likely N-dealkylation sites (N-methyl/N-ethyl adjacent to an activating group) is 1. The Labute approximate surface area is 125 Å². The number of carbonyl (C=O) groups excluding carboxylic acids is 1. The van der Waals surface area contributed by atoms with Crippen molar-refractivity contribution in [2.24, 2.45) is 11.8 Å². The van der Waals surface area contributed by atoms with E-state index in [1.54, 1.807) is 0 Å². The van der Waals surface area contributed by atoms with Crippen LogP contribution in [0.25, 0.3) is 0 Å². The van der Waals surface area contributed by atoms with Gasteiger partial charge in [0, 0.05) is 19.1 Å². The molecule has 2 N–H and O–H groups in total. The van der Waals surface area contributed by atoms with E-state index in [1.165, 1.54) is 0 Å². The van der Waals surface area contributed by atoms with E-state index in [4.69, 9.17) is 0 Å². The fourth-order valence-corrected chi connectivity index (χ4v) is 2.27. The largest absolute Gasteiger partial charge is 0.355 e. The molecule has 2 unspecified atom stereocenters. The van der Waals surface area contributed by atoms with Crippen LogP contribution in [0, 0.1) is 11.8 Å². The maximum Gasteiger partial charge on any atom is 0.236 e. The van der Waals surface area contributed by atoms with Crippen LogP contribution in [0.3, 0.4) is 0 Å². The van der Waals surface area contributed by atoms with Gasteiger partial charge in [-0.15, -0.1) is 0 Å². The van der Waals surface area contributed by atoms with Crippen molar-refractivity contribution in [1.29, 1.82) is 0 Å². The zero-order chi connectivity index (χ0) is 15.7. The third-order valence-corrected chi connectivity index (χ3v) is 3.24. The first-order chi connectivity index (χ1) is 9.22. The van der Waals surface area contributed by atoms with Gasteiger partial charge in [0.15, 0.2) is 0 Å². The monoisotopic (exact) mass is 285 g/mol. The maximum absolute atomic E-state index is 12.0. The number of nitrogens with zero attached hydrogens (tertiary/aromatic N) is 1. The Bertz CT molecular complexity index is 254. The Balaban J connectivity index is 4.21. The molecule has 0 aliphatic carbocycles. The molecule has 1 amide bonds. The SMILES string of the molecule is CC(C)CCNC(=O)C(C)NC(CC(C)C)CN(C)C. The number of hydrogen-bond donors (Lipinski definition) is 2. The van der Waals surface area contributed by atoms with Gasteiger partial charge in [0.05, 0.1) is 6.04 Å². The van der Waals surface area contributed by atoms with Gasteiger partial charge in [-0.2, -0.15) is 0 Å². The molecule has 0 aromatic carbocycles. The van der Waals surface area contributed by atoms with Crippen LogP contribution in [0.15, 0.2) is 0 Å². The van der Waals surface area contributed by atoms with E-state index in [2.05, 4.69) is 57.3 Å². The molecule has 2 atom stereocenters. The lowest BCUT2D eigenvalue weighted by atomic mass is 10.0. The van der Waals surface area contributed by atoms with Crippen LogP contribution in [-0.4, -0.2) is 50.1 Å². The summed E-state index contributed by atoms with van der Waals surface area (Å²) in [7, 11) is 4.14. The molecule has 0 aromatic heterocycles. The molecule has 0 saturated carbocycles. The molecule has 4 nitrogen and oxygen atoms in total. The Morgan fingerprint density at radius 1 is 1.05 bits per heavy atom. The smallest absolute Gasteiger partial charge is 0.236 e. The Hall–Kier alpha value is -0.610. The molecule has 0 aliphatic rings. The summed E-state index contributed by atoms with van der Waals surface area (Å²) in [6, 6.07) is 0.224. The summed E-state index contributed by atoms with van der Waals surface area (Å²) < 4.78 is 0. The van der Waals surface area contributed by atoms with Crippen LogP contribution in [-0.2, 0) is 4.79 Å². The first kappa shape index (κ1) is 19.4. The fraction of sp³-hybridized carbons (Fsp3) is 0.938. The van der Waals surface area contributed by atoms with Gasteiger partial charge in [0.1, 0.15) is 0 Å². The Morgan fingerprint density at radius 3 is 2.10 bits per heavy atom. The lowest BCUT2D eigenvalue weighted by molar-refractivity contribution is -0.123. The summed E-state index contributed by atoms with van der Waals surface area (Å²) in [5, 5.41) is 6.47. The second-order valence-electron chi connectivity index (χ2n) is 6.95. The Morgan fingerprint density at radius 2 is 1.65 bits per heavy atom. The molecule has 0 fully saturated rings. The summed E-state index contributed by atoms with van der Waals surface area (Å²) in [5.41, 5.74) is 0. The van der Waals surface area contributed by atoms with Crippen molar-refractivity contribution in [2.45, 2.75) is 59.5 Å². The third-order valence-electron chi connectivity index (χ3n) is 3.24. The zero-order valence-electron chi connectivity index (χ0n) is 14.5. The van der Waals surface area contributed by atoms with Gasteiger partial charge in [0.2, 0.25) is 5.91 Å². The van der Waals surface area contributed by atoms with Crippen LogP contribution >= 0.6 is 0 Å². The first-order valence-electron chi connectivity index (χ1n) is 7.90. The summed E-state index contributed by atoms with van der Waals surface area (Å²) in [4.78, 5) is 14.2. The number of hydrogen-bond acceptors (Lipinski definition) is 3. The van der Waals surface area contributed by atoms with E-state index in [-0.39, 0.29) is 11.9 Å². The molecule has 0 saturated heterocycles. The van der Waals surface area contributed by atoms with Gasteiger partial charge in [-0.05, 0) is 45.7 Å². The average Bonchev–Trinajstić information content (AvgIpc) is 2.26. The topological polar surface area (TPSA) is 44.4 Å². The van der Waals surface area contributed by atoms with Crippen molar-refractivity contribution >= 4 is 5.91 Å². The second-order valence-corrected chi connectivity index (χ2v) is 6.95. The predicted octanol–water partition coefficient (Wildman–Crippen LogP) is 2.10. The van der Waals surface area contributed by atoms with E-state index < -0.39 is 0 Å². The van der Waals surface area contributed by atoms with Crippen LogP contribution < -0.4 is 10.6 Å². The highest BCUT2D eigenvalue weighted by molar-refractivity contribution is 5.81. The molecule has 0 spiro atoms. The third kappa shape index (κ3) is 10.2. The van der Waals surface area contributed by atoms with Crippen LogP contribution in [0.1, 0.15) is 47.5 Å². The Kier molecular flexibility index (Phi) is 9.86.